The van der Waals surface area contributed by atoms with E-state index in [1.54, 1.807) is 121 Å². The maximum absolute atomic E-state index is 12.4. The second kappa shape index (κ2) is 12.4. The molecule has 0 unspecified atom stereocenters. The van der Waals surface area contributed by atoms with Crippen LogP contribution in [0.25, 0.3) is 0 Å². The van der Waals surface area contributed by atoms with Gasteiger partial charge < -0.3 is 20.1 Å². The van der Waals surface area contributed by atoms with E-state index in [4.69, 9.17) is 32.7 Å². The molecule has 0 aliphatic carbocycles. The number of anilines is 2. The maximum atomic E-state index is 12.4. The van der Waals surface area contributed by atoms with Crippen LogP contribution in [-0.4, -0.2) is 11.8 Å². The average Bonchev–Trinajstić information content (AvgIpc) is 2.96. The molecule has 40 heavy (non-hydrogen) atoms. The minimum atomic E-state index is -0.286. The summed E-state index contributed by atoms with van der Waals surface area (Å²) in [6, 6.07) is 35.0. The van der Waals surface area contributed by atoms with E-state index in [0.717, 1.165) is 0 Å². The summed E-state index contributed by atoms with van der Waals surface area (Å²) in [6.45, 7) is 0. The third kappa shape index (κ3) is 6.80. The quantitative estimate of drug-likeness (QED) is 0.195. The van der Waals surface area contributed by atoms with Crippen LogP contribution < -0.4 is 20.1 Å². The molecule has 5 aromatic rings. The topological polar surface area (TPSA) is 76.7 Å². The zero-order chi connectivity index (χ0) is 27.9. The lowest BCUT2D eigenvalue weighted by molar-refractivity contribution is 0.101. The van der Waals surface area contributed by atoms with E-state index >= 15 is 0 Å². The van der Waals surface area contributed by atoms with Gasteiger partial charge in [0, 0.05) is 11.4 Å². The van der Waals surface area contributed by atoms with Crippen LogP contribution in [0, 0.1) is 0 Å². The molecule has 0 spiro atoms. The molecule has 5 rings (SSSR count). The van der Waals surface area contributed by atoms with Gasteiger partial charge in [0.25, 0.3) is 11.8 Å². The lowest BCUT2D eigenvalue weighted by Gasteiger charge is -2.11. The number of ether oxygens (including phenoxy) is 2. The van der Waals surface area contributed by atoms with Crippen molar-refractivity contribution in [2.24, 2.45) is 0 Å². The molecular formula is C32H22Cl2N2O4. The highest BCUT2D eigenvalue weighted by Gasteiger charge is 2.11. The first-order chi connectivity index (χ1) is 19.4. The Kier molecular flexibility index (Phi) is 8.30. The first-order valence-electron chi connectivity index (χ1n) is 12.2. The molecule has 8 heteroatoms. The normalized spacial score (nSPS) is 10.4. The van der Waals surface area contributed by atoms with Crippen LogP contribution in [0.15, 0.2) is 121 Å². The number of halogens is 2. The van der Waals surface area contributed by atoms with Crippen LogP contribution >= 0.6 is 23.2 Å². The van der Waals surface area contributed by atoms with E-state index in [1.165, 1.54) is 0 Å². The average molecular weight is 569 g/mol. The Bertz CT molecular complexity index is 1510. The summed E-state index contributed by atoms with van der Waals surface area (Å²) in [5.74, 6) is 1.89. The van der Waals surface area contributed by atoms with Gasteiger partial charge in [-0.3, -0.25) is 9.59 Å². The summed E-state index contributed by atoms with van der Waals surface area (Å²) in [7, 11) is 0. The van der Waals surface area contributed by atoms with Crippen molar-refractivity contribution in [1.29, 1.82) is 0 Å². The highest BCUT2D eigenvalue weighted by atomic mass is 35.5. The summed E-state index contributed by atoms with van der Waals surface area (Å²) in [6.07, 6.45) is 0. The molecule has 2 N–H and O–H groups in total. The van der Waals surface area contributed by atoms with Gasteiger partial charge in [-0.1, -0.05) is 47.5 Å². The third-order valence-corrected chi connectivity index (χ3v) is 6.42. The molecule has 0 bridgehead atoms. The van der Waals surface area contributed by atoms with Crippen molar-refractivity contribution in [1.82, 2.24) is 0 Å². The SMILES string of the molecule is O=C(Nc1ccc(Oc2ccc(Oc3ccc(NC(=O)c4ccccc4Cl)cc3)cc2)cc1)c1ccccc1Cl. The molecule has 5 aromatic carbocycles. The maximum Gasteiger partial charge on any atom is 0.257 e. The van der Waals surface area contributed by atoms with Gasteiger partial charge in [-0.2, -0.15) is 0 Å². The molecule has 0 fully saturated rings. The van der Waals surface area contributed by atoms with Crippen molar-refractivity contribution in [2.75, 3.05) is 10.6 Å². The minimum absolute atomic E-state index is 0.286. The predicted molar refractivity (Wildman–Crippen MR) is 158 cm³/mol. The fourth-order valence-corrected chi connectivity index (χ4v) is 4.19. The van der Waals surface area contributed by atoms with Gasteiger partial charge >= 0.3 is 0 Å². The standard InChI is InChI=1S/C32H22Cl2N2O4/c33-29-7-3-1-5-27(29)31(37)35-21-9-13-23(14-10-21)39-25-17-19-26(20-18-25)40-24-15-11-22(12-16-24)36-32(38)28-6-2-4-8-30(28)34/h1-20H,(H,35,37)(H,36,38). The van der Waals surface area contributed by atoms with Crippen molar-refractivity contribution < 1.29 is 19.1 Å². The number of rotatable bonds is 8. The Morgan fingerprint density at radius 1 is 0.450 bits per heavy atom. The highest BCUT2D eigenvalue weighted by molar-refractivity contribution is 6.34. The van der Waals surface area contributed by atoms with E-state index in [9.17, 15) is 9.59 Å². The van der Waals surface area contributed by atoms with Gasteiger partial charge in [-0.05, 0) is 97.1 Å². The van der Waals surface area contributed by atoms with Crippen LogP contribution in [0.4, 0.5) is 11.4 Å². The van der Waals surface area contributed by atoms with E-state index in [1.807, 2.05) is 0 Å². The fourth-order valence-electron chi connectivity index (χ4n) is 3.75. The van der Waals surface area contributed by atoms with Gasteiger partial charge in [-0.25, -0.2) is 0 Å². The molecule has 0 heterocycles. The summed E-state index contributed by atoms with van der Waals surface area (Å²) < 4.78 is 11.8. The van der Waals surface area contributed by atoms with E-state index in [0.29, 0.717) is 55.5 Å². The zero-order valence-corrected chi connectivity index (χ0v) is 22.4. The zero-order valence-electron chi connectivity index (χ0n) is 20.9. The fraction of sp³-hybridized carbons (Fsp3) is 0. The molecule has 0 aliphatic rings. The first kappa shape index (κ1) is 26.8. The molecule has 0 aromatic heterocycles. The van der Waals surface area contributed by atoms with Crippen LogP contribution in [0.3, 0.4) is 0 Å². The Hall–Kier alpha value is -4.78. The molecule has 6 nitrogen and oxygen atoms in total. The second-order valence-corrected chi connectivity index (χ2v) is 9.41. The van der Waals surface area contributed by atoms with Gasteiger partial charge in [0.1, 0.15) is 23.0 Å². The van der Waals surface area contributed by atoms with E-state index in [2.05, 4.69) is 10.6 Å². The first-order valence-corrected chi connectivity index (χ1v) is 13.0. The van der Waals surface area contributed by atoms with Crippen molar-refractivity contribution in [2.45, 2.75) is 0 Å². The number of hydrogen-bond donors (Lipinski definition) is 2. The highest BCUT2D eigenvalue weighted by Crippen LogP contribution is 2.28. The van der Waals surface area contributed by atoms with Crippen molar-refractivity contribution >= 4 is 46.4 Å². The van der Waals surface area contributed by atoms with Crippen LogP contribution in [0.5, 0.6) is 23.0 Å². The number of amides is 2. The van der Waals surface area contributed by atoms with E-state index in [-0.39, 0.29) is 11.8 Å². The molecule has 0 saturated heterocycles. The number of hydrogen-bond acceptors (Lipinski definition) is 4. The van der Waals surface area contributed by atoms with Crippen molar-refractivity contribution in [3.05, 3.63) is 142 Å². The lowest BCUT2D eigenvalue weighted by atomic mass is 10.2. The summed E-state index contributed by atoms with van der Waals surface area (Å²) >= 11 is 12.2. The Balaban J connectivity index is 1.14. The summed E-state index contributed by atoms with van der Waals surface area (Å²) in [5, 5.41) is 6.43. The van der Waals surface area contributed by atoms with Gasteiger partial charge in [0.05, 0.1) is 21.2 Å². The number of carbonyl (C=O) groups excluding carboxylic acids is 2. The third-order valence-electron chi connectivity index (χ3n) is 5.76. The predicted octanol–water partition coefficient (Wildman–Crippen LogP) is 9.08. The van der Waals surface area contributed by atoms with Crippen molar-refractivity contribution in [3.8, 4) is 23.0 Å². The number of benzene rings is 5. The van der Waals surface area contributed by atoms with Crippen LogP contribution in [0.1, 0.15) is 20.7 Å². The van der Waals surface area contributed by atoms with Crippen LogP contribution in [0.2, 0.25) is 10.0 Å². The molecule has 0 saturated carbocycles. The Morgan fingerprint density at radius 2 is 0.750 bits per heavy atom. The lowest BCUT2D eigenvalue weighted by Crippen LogP contribution is -2.12. The summed E-state index contributed by atoms with van der Waals surface area (Å²) in [5.41, 5.74) is 2.05. The number of carbonyl (C=O) groups is 2. The summed E-state index contributed by atoms with van der Waals surface area (Å²) in [4.78, 5) is 24.9. The smallest absolute Gasteiger partial charge is 0.257 e. The second-order valence-electron chi connectivity index (χ2n) is 8.59. The molecular weight excluding hydrogens is 547 g/mol. The monoisotopic (exact) mass is 568 g/mol. The van der Waals surface area contributed by atoms with Gasteiger partial charge in [0.2, 0.25) is 0 Å². The van der Waals surface area contributed by atoms with Crippen LogP contribution in [-0.2, 0) is 0 Å². The molecule has 2 amide bonds. The molecule has 0 radical (unpaired) electrons. The van der Waals surface area contributed by atoms with Gasteiger partial charge in [-0.15, -0.1) is 0 Å². The number of nitrogens with one attached hydrogen (secondary N) is 2. The minimum Gasteiger partial charge on any atom is -0.457 e. The van der Waals surface area contributed by atoms with E-state index < -0.39 is 0 Å². The largest absolute Gasteiger partial charge is 0.457 e. The molecule has 0 atom stereocenters. The van der Waals surface area contributed by atoms with Crippen molar-refractivity contribution in [3.63, 3.8) is 0 Å². The molecule has 198 valence electrons. The Morgan fingerprint density at radius 3 is 1.07 bits per heavy atom. The Labute approximate surface area is 241 Å². The molecule has 0 aliphatic heterocycles. The van der Waals surface area contributed by atoms with Gasteiger partial charge in [0.15, 0.2) is 0 Å².